The second-order valence-electron chi connectivity index (χ2n) is 12.2. The molecule has 34 heavy (non-hydrogen) atoms. The summed E-state index contributed by atoms with van der Waals surface area (Å²) in [5, 5.41) is 31.7. The van der Waals surface area contributed by atoms with Crippen molar-refractivity contribution in [3.8, 4) is 0 Å². The number of carboxylic acids is 1. The van der Waals surface area contributed by atoms with Gasteiger partial charge in [0.2, 0.25) is 0 Å². The van der Waals surface area contributed by atoms with Crippen LogP contribution in [0, 0.1) is 40.4 Å². The molecule has 5 aliphatic carbocycles. The quantitative estimate of drug-likeness (QED) is 0.352. The molecule has 5 aliphatic rings. The third-order valence-electron chi connectivity index (χ3n) is 10.9. The third-order valence-corrected chi connectivity index (χ3v) is 15.2. The van der Waals surface area contributed by atoms with E-state index in [4.69, 9.17) is 0 Å². The van der Waals surface area contributed by atoms with E-state index < -0.39 is 5.97 Å². The van der Waals surface area contributed by atoms with Gasteiger partial charge in [0, 0.05) is 0 Å². The van der Waals surface area contributed by atoms with Crippen molar-refractivity contribution in [1.82, 2.24) is 0 Å². The number of hydrogen-bond acceptors (Lipinski definition) is 3. The molecule has 10 atom stereocenters. The maximum atomic E-state index is 11.8. The molecule has 190 valence electrons. The number of aliphatic hydroxyl groups excluding tert-OH is 2. The van der Waals surface area contributed by atoms with E-state index in [0.717, 1.165) is 25.7 Å². The Morgan fingerprint density at radius 2 is 1.79 bits per heavy atom. The zero-order valence-corrected chi connectivity index (χ0v) is 23.1. The van der Waals surface area contributed by atoms with Gasteiger partial charge in [0.1, 0.15) is 0 Å². The molecule has 0 aliphatic heterocycles. The molecule has 4 fully saturated rings. The first-order valence-electron chi connectivity index (χ1n) is 13.5. The fourth-order valence-corrected chi connectivity index (χ4v) is 13.0. The van der Waals surface area contributed by atoms with Gasteiger partial charge in [-0.05, 0) is 0 Å². The Balaban J connectivity index is 1.38. The van der Waals surface area contributed by atoms with Gasteiger partial charge in [-0.25, -0.2) is 0 Å². The zero-order chi connectivity index (χ0) is 24.3. The number of halogens is 1. The Kier molecular flexibility index (Phi) is 6.86. The van der Waals surface area contributed by atoms with Gasteiger partial charge in [-0.15, -0.1) is 0 Å². The van der Waals surface area contributed by atoms with E-state index in [2.05, 4.69) is 32.9 Å². The topological polar surface area (TPSA) is 77.8 Å². The molecule has 0 amide bonds. The van der Waals surface area contributed by atoms with Gasteiger partial charge < -0.3 is 0 Å². The minimum absolute atomic E-state index is 0.192. The number of carboxylic acid groups (broad SMARTS) is 1. The van der Waals surface area contributed by atoms with Crippen molar-refractivity contribution in [1.29, 1.82) is 0 Å². The number of aliphatic hydroxyl groups is 2. The number of alkyl halides is 1. The van der Waals surface area contributed by atoms with E-state index in [0.29, 0.717) is 45.5 Å². The Morgan fingerprint density at radius 1 is 1.06 bits per heavy atom. The molecule has 0 aromatic carbocycles. The van der Waals surface area contributed by atoms with Crippen LogP contribution < -0.4 is 21.2 Å². The molecule has 0 aromatic heterocycles. The van der Waals surface area contributed by atoms with Crippen LogP contribution in [0.3, 0.4) is 0 Å². The fourth-order valence-electron chi connectivity index (χ4n) is 9.06. The predicted molar refractivity (Wildman–Crippen MR) is 130 cm³/mol. The molecule has 4 nitrogen and oxygen atoms in total. The van der Waals surface area contributed by atoms with Gasteiger partial charge in [0.25, 0.3) is 0 Å². The molecule has 0 bridgehead atoms. The van der Waals surface area contributed by atoms with Crippen LogP contribution in [0.2, 0.25) is 0 Å². The third kappa shape index (κ3) is 3.96. The summed E-state index contributed by atoms with van der Waals surface area (Å²) in [4.78, 5) is 11.4. The summed E-state index contributed by atoms with van der Waals surface area (Å²) in [6.45, 7) is 7.27. The number of carbonyl (C=O) groups is 1. The number of fused-ring (bicyclic) bond motifs is 5. The predicted octanol–water partition coefficient (Wildman–Crippen LogP) is 2.31. The van der Waals surface area contributed by atoms with Gasteiger partial charge >= 0.3 is 216 Å². The van der Waals surface area contributed by atoms with E-state index >= 15 is 0 Å². The molecule has 0 aromatic rings. The van der Waals surface area contributed by atoms with E-state index in [-0.39, 0.29) is 44.2 Å². The Labute approximate surface area is 215 Å². The second kappa shape index (κ2) is 9.33. The van der Waals surface area contributed by atoms with Gasteiger partial charge in [-0.2, -0.15) is 0 Å². The van der Waals surface area contributed by atoms with Crippen molar-refractivity contribution >= 4 is 5.97 Å². The van der Waals surface area contributed by atoms with Crippen LogP contribution in [0.15, 0.2) is 33.5 Å². The number of hydrogen-bond donors (Lipinski definition) is 3. The first kappa shape index (κ1) is 25.0. The number of allylic oxidation sites excluding steroid dienone is 5. The Hall–Kier alpha value is -0.660. The molecule has 3 N–H and O–H groups in total. The van der Waals surface area contributed by atoms with Crippen LogP contribution in [0.1, 0.15) is 78.6 Å². The summed E-state index contributed by atoms with van der Waals surface area (Å²) in [7, 11) is 0. The molecule has 0 spiro atoms. The van der Waals surface area contributed by atoms with E-state index in [1.807, 2.05) is 6.08 Å². The first-order chi connectivity index (χ1) is 16.2. The molecule has 0 unspecified atom stereocenters. The van der Waals surface area contributed by atoms with Gasteiger partial charge in [-0.1, -0.05) is 0 Å². The molecule has 0 saturated heterocycles. The SMILES string of the molecule is CC[C@H]1[C@@H](O)[C@@H]2[C@H](CC[C@]3(C)[C@@H]([I-]C4=CCC(C(=O)O)=CC=C4)CC[C@@H]23)[C@@]2(C)CC[C@@H](O)C[C@@H]12. The van der Waals surface area contributed by atoms with Gasteiger partial charge in [-0.3, -0.25) is 0 Å². The Morgan fingerprint density at radius 3 is 2.53 bits per heavy atom. The summed E-state index contributed by atoms with van der Waals surface area (Å²) < 4.78 is 2.08. The standard InChI is InChI=1S/C29H42IO4/c1-4-20-23-16-19(31)12-14-28(23,2)22-13-15-29(3)21(25(22)26(20)32)10-11-24(29)30-18-7-5-6-17(8-9-18)27(33)34/h5-7,9,19-26,31-32H,4,8,10-16H2,1-3H3,(H,33,34)/q-1/t19-,20-,21+,22+,23+,24+,25+,26-,28-,29+/m1/s1. The normalized spacial score (nSPS) is 48.3. The zero-order valence-electron chi connectivity index (χ0n) is 20.9. The van der Waals surface area contributed by atoms with Crippen LogP contribution in [0.25, 0.3) is 0 Å². The number of rotatable bonds is 4. The summed E-state index contributed by atoms with van der Waals surface area (Å²) in [6, 6.07) is 0. The molecular formula is C29H42IO4-. The maximum absolute atomic E-state index is 11.8. The molecular weight excluding hydrogens is 539 g/mol. The second-order valence-corrected chi connectivity index (χ2v) is 15.6. The monoisotopic (exact) mass is 581 g/mol. The van der Waals surface area contributed by atoms with Crippen LogP contribution in [-0.2, 0) is 4.79 Å². The van der Waals surface area contributed by atoms with Crippen LogP contribution in [0.5, 0.6) is 0 Å². The van der Waals surface area contributed by atoms with Crippen molar-refractivity contribution in [2.45, 2.75) is 94.7 Å². The first-order valence-corrected chi connectivity index (χ1v) is 15.8. The van der Waals surface area contributed by atoms with Crippen molar-refractivity contribution in [2.24, 2.45) is 40.4 Å². The van der Waals surface area contributed by atoms with Crippen molar-refractivity contribution in [3.63, 3.8) is 0 Å². The number of aliphatic carboxylic acids is 1. The average molecular weight is 582 g/mol. The molecule has 0 heterocycles. The van der Waals surface area contributed by atoms with Gasteiger partial charge in [0.15, 0.2) is 0 Å². The summed E-state index contributed by atoms with van der Waals surface area (Å²) in [5.41, 5.74) is 1.02. The summed E-state index contributed by atoms with van der Waals surface area (Å²) in [5.74, 6) is 1.51. The molecule has 5 heteroatoms. The summed E-state index contributed by atoms with van der Waals surface area (Å²) in [6.07, 6.45) is 17.0. The van der Waals surface area contributed by atoms with Crippen LogP contribution in [-0.4, -0.2) is 37.4 Å². The molecule has 4 saturated carbocycles. The average Bonchev–Trinajstić information content (AvgIpc) is 2.96. The molecule has 5 rings (SSSR count). The summed E-state index contributed by atoms with van der Waals surface area (Å²) >= 11 is -0.209. The van der Waals surface area contributed by atoms with E-state index in [1.54, 1.807) is 6.08 Å². The van der Waals surface area contributed by atoms with Crippen LogP contribution in [0.4, 0.5) is 0 Å². The van der Waals surface area contributed by atoms with E-state index in [1.165, 1.54) is 29.3 Å². The van der Waals surface area contributed by atoms with Gasteiger partial charge in [0.05, 0.1) is 0 Å². The molecule has 0 radical (unpaired) electrons. The van der Waals surface area contributed by atoms with Crippen LogP contribution >= 0.6 is 0 Å². The van der Waals surface area contributed by atoms with Crippen molar-refractivity contribution in [3.05, 3.63) is 33.5 Å². The Bertz CT molecular complexity index is 908. The minimum atomic E-state index is -0.814. The van der Waals surface area contributed by atoms with Crippen molar-refractivity contribution in [2.75, 3.05) is 0 Å². The van der Waals surface area contributed by atoms with E-state index in [9.17, 15) is 20.1 Å². The fraction of sp³-hybridized carbons (Fsp3) is 0.759. The van der Waals surface area contributed by atoms with Crippen molar-refractivity contribution < 1.29 is 41.3 Å².